The van der Waals surface area contributed by atoms with Gasteiger partial charge in [-0.25, -0.2) is 0 Å². The van der Waals surface area contributed by atoms with Crippen LogP contribution in [0.25, 0.3) is 0 Å². The van der Waals surface area contributed by atoms with Crippen molar-refractivity contribution in [3.63, 3.8) is 0 Å². The Morgan fingerprint density at radius 3 is 2.36 bits per heavy atom. The average Bonchev–Trinajstić information content (AvgIpc) is 3.01. The van der Waals surface area contributed by atoms with Gasteiger partial charge in [-0.1, -0.05) is 46.0 Å². The topological polar surface area (TPSA) is 50.4 Å². The maximum absolute atomic E-state index is 11.2. The van der Waals surface area contributed by atoms with Gasteiger partial charge in [-0.15, -0.1) is 11.8 Å². The Kier molecular flexibility index (Phi) is 12.7. The number of ether oxygens (including phenoxy) is 1. The van der Waals surface area contributed by atoms with Crippen LogP contribution in [0.1, 0.15) is 78.1 Å². The number of hydrogen-bond acceptors (Lipinski definition) is 5. The quantitative estimate of drug-likeness (QED) is 0.326. The summed E-state index contributed by atoms with van der Waals surface area (Å²) >= 11 is 2.04. The molecule has 0 spiro atoms. The zero-order chi connectivity index (χ0) is 18.3. The average molecular weight is 371 g/mol. The minimum absolute atomic E-state index is 0.0918. The summed E-state index contributed by atoms with van der Waals surface area (Å²) in [5.74, 6) is 0.995. The van der Waals surface area contributed by atoms with Gasteiger partial charge in [0.25, 0.3) is 0 Å². The first kappa shape index (κ1) is 22.2. The number of unbranched alkanes of at least 4 members (excludes halogenated alkanes) is 5. The Morgan fingerprint density at radius 1 is 1.04 bits per heavy atom. The molecule has 1 aliphatic heterocycles. The van der Waals surface area contributed by atoms with Crippen LogP contribution < -0.4 is 10.6 Å². The molecular weight excluding hydrogens is 332 g/mol. The van der Waals surface area contributed by atoms with Crippen LogP contribution in [-0.4, -0.2) is 37.2 Å². The number of carbonyl (C=O) groups excluding carboxylic acids is 1. The highest BCUT2D eigenvalue weighted by Crippen LogP contribution is 2.33. The van der Waals surface area contributed by atoms with Crippen LogP contribution in [0.5, 0.6) is 0 Å². The monoisotopic (exact) mass is 370 g/mol. The van der Waals surface area contributed by atoms with Crippen molar-refractivity contribution in [2.75, 3.05) is 26.0 Å². The lowest BCUT2D eigenvalue weighted by Crippen LogP contribution is -2.26. The van der Waals surface area contributed by atoms with Crippen molar-refractivity contribution in [1.29, 1.82) is 0 Å². The van der Waals surface area contributed by atoms with Crippen molar-refractivity contribution >= 4 is 17.7 Å². The van der Waals surface area contributed by atoms with Crippen LogP contribution in [0.15, 0.2) is 11.4 Å². The molecule has 0 aromatic rings. The van der Waals surface area contributed by atoms with Gasteiger partial charge >= 0.3 is 5.97 Å². The van der Waals surface area contributed by atoms with Gasteiger partial charge in [0.05, 0.1) is 7.11 Å². The second kappa shape index (κ2) is 14.3. The lowest BCUT2D eigenvalue weighted by atomic mass is 10.1. The van der Waals surface area contributed by atoms with Gasteiger partial charge in [0.2, 0.25) is 0 Å². The summed E-state index contributed by atoms with van der Waals surface area (Å²) in [6, 6.07) is 0. The number of carbonyl (C=O) groups is 1. The largest absolute Gasteiger partial charge is 0.469 e. The fourth-order valence-corrected chi connectivity index (χ4v) is 4.40. The molecule has 0 fully saturated rings. The molecule has 0 bridgehead atoms. The van der Waals surface area contributed by atoms with Gasteiger partial charge in [0.15, 0.2) is 0 Å². The maximum atomic E-state index is 11.2. The molecule has 1 atom stereocenters. The van der Waals surface area contributed by atoms with E-state index in [0.29, 0.717) is 11.7 Å². The highest BCUT2D eigenvalue weighted by atomic mass is 32.2. The molecule has 146 valence electrons. The number of nitrogens with one attached hydrogen (secondary N) is 2. The van der Waals surface area contributed by atoms with Crippen molar-refractivity contribution in [3.05, 3.63) is 11.4 Å². The second-order valence-corrected chi connectivity index (χ2v) is 7.97. The molecule has 0 aromatic carbocycles. The predicted octanol–water partition coefficient (Wildman–Crippen LogP) is 4.61. The van der Waals surface area contributed by atoms with Crippen LogP contribution in [0.2, 0.25) is 0 Å². The predicted molar refractivity (Wildman–Crippen MR) is 109 cm³/mol. The molecule has 0 aliphatic carbocycles. The Morgan fingerprint density at radius 2 is 1.72 bits per heavy atom. The third-order valence-electron chi connectivity index (χ3n) is 4.62. The molecule has 4 nitrogen and oxygen atoms in total. The van der Waals surface area contributed by atoms with Crippen molar-refractivity contribution in [3.8, 4) is 0 Å². The van der Waals surface area contributed by atoms with Crippen LogP contribution in [0.4, 0.5) is 0 Å². The van der Waals surface area contributed by atoms with E-state index in [9.17, 15) is 4.79 Å². The summed E-state index contributed by atoms with van der Waals surface area (Å²) < 4.78 is 4.72. The number of thioether (sulfide) groups is 1. The SMILES string of the molecule is CCCCCNC1=C(NCCCCC)C(CCCCC(=O)OC)SC1. The lowest BCUT2D eigenvalue weighted by Gasteiger charge is -2.18. The van der Waals surface area contributed by atoms with E-state index in [2.05, 4.69) is 24.5 Å². The number of esters is 1. The van der Waals surface area contributed by atoms with E-state index in [1.165, 1.54) is 57.0 Å². The third-order valence-corrected chi connectivity index (χ3v) is 5.94. The van der Waals surface area contributed by atoms with Crippen molar-refractivity contribution in [1.82, 2.24) is 10.6 Å². The van der Waals surface area contributed by atoms with Gasteiger partial charge in [0.1, 0.15) is 0 Å². The van der Waals surface area contributed by atoms with E-state index >= 15 is 0 Å². The molecule has 1 rings (SSSR count). The second-order valence-electron chi connectivity index (χ2n) is 6.78. The number of methoxy groups -OCH3 is 1. The van der Waals surface area contributed by atoms with Gasteiger partial charge in [-0.3, -0.25) is 4.79 Å². The highest BCUT2D eigenvalue weighted by Gasteiger charge is 2.25. The van der Waals surface area contributed by atoms with E-state index in [1.807, 2.05) is 11.8 Å². The maximum Gasteiger partial charge on any atom is 0.305 e. The minimum atomic E-state index is -0.0918. The van der Waals surface area contributed by atoms with Gasteiger partial charge in [-0.2, -0.15) is 0 Å². The Balaban J connectivity index is 2.46. The Hall–Kier alpha value is -0.840. The first-order chi connectivity index (χ1) is 12.2. The summed E-state index contributed by atoms with van der Waals surface area (Å²) in [5.41, 5.74) is 2.84. The van der Waals surface area contributed by atoms with Crippen LogP contribution >= 0.6 is 11.8 Å². The lowest BCUT2D eigenvalue weighted by molar-refractivity contribution is -0.140. The molecule has 1 heterocycles. The Labute approximate surface area is 158 Å². The molecule has 0 saturated heterocycles. The molecule has 0 amide bonds. The summed E-state index contributed by atoms with van der Waals surface area (Å²) in [6.07, 6.45) is 11.3. The van der Waals surface area contributed by atoms with Gasteiger partial charge in [0, 0.05) is 41.9 Å². The van der Waals surface area contributed by atoms with E-state index in [0.717, 1.165) is 38.1 Å². The van der Waals surface area contributed by atoms with Crippen LogP contribution in [-0.2, 0) is 9.53 Å². The summed E-state index contributed by atoms with van der Waals surface area (Å²) in [6.45, 7) is 6.65. The molecule has 0 aromatic heterocycles. The van der Waals surface area contributed by atoms with Crippen LogP contribution in [0, 0.1) is 0 Å². The molecule has 1 unspecified atom stereocenters. The zero-order valence-corrected chi connectivity index (χ0v) is 17.3. The third kappa shape index (κ3) is 9.43. The number of rotatable bonds is 15. The first-order valence-electron chi connectivity index (χ1n) is 10.1. The fraction of sp³-hybridized carbons (Fsp3) is 0.850. The van der Waals surface area contributed by atoms with E-state index < -0.39 is 0 Å². The van der Waals surface area contributed by atoms with Crippen LogP contribution in [0.3, 0.4) is 0 Å². The Bertz CT molecular complexity index is 399. The van der Waals surface area contributed by atoms with E-state index in [1.54, 1.807) is 0 Å². The number of hydrogen-bond donors (Lipinski definition) is 2. The molecule has 25 heavy (non-hydrogen) atoms. The fourth-order valence-electron chi connectivity index (χ4n) is 3.05. The van der Waals surface area contributed by atoms with Crippen molar-refractivity contribution < 1.29 is 9.53 Å². The van der Waals surface area contributed by atoms with Crippen molar-refractivity contribution in [2.24, 2.45) is 0 Å². The van der Waals surface area contributed by atoms with Crippen molar-refractivity contribution in [2.45, 2.75) is 83.3 Å². The van der Waals surface area contributed by atoms with E-state index in [-0.39, 0.29) is 5.97 Å². The smallest absolute Gasteiger partial charge is 0.305 e. The molecule has 0 saturated carbocycles. The minimum Gasteiger partial charge on any atom is -0.469 e. The van der Waals surface area contributed by atoms with Gasteiger partial charge in [-0.05, 0) is 25.7 Å². The molecule has 5 heteroatoms. The van der Waals surface area contributed by atoms with Gasteiger partial charge < -0.3 is 15.4 Å². The zero-order valence-electron chi connectivity index (χ0n) is 16.5. The van der Waals surface area contributed by atoms with E-state index in [4.69, 9.17) is 4.74 Å². The summed E-state index contributed by atoms with van der Waals surface area (Å²) in [5, 5.41) is 7.95. The molecule has 2 N–H and O–H groups in total. The highest BCUT2D eigenvalue weighted by molar-refractivity contribution is 8.00. The molecule has 1 aliphatic rings. The standard InChI is InChI=1S/C20H38N2O2S/c1-4-6-10-14-21-17-16-25-18(12-8-9-13-19(23)24-3)20(17)22-15-11-7-5-2/h18,21-22H,4-16H2,1-3H3. The normalized spacial score (nSPS) is 17.0. The summed E-state index contributed by atoms with van der Waals surface area (Å²) in [7, 11) is 1.46. The molecule has 0 radical (unpaired) electrons. The molecular formula is C20H38N2O2S. The summed E-state index contributed by atoms with van der Waals surface area (Å²) in [4.78, 5) is 11.2. The first-order valence-corrected chi connectivity index (χ1v) is 11.2.